The van der Waals surface area contributed by atoms with Crippen molar-refractivity contribution in [2.24, 2.45) is 5.10 Å². The number of ether oxygens (including phenoxy) is 1. The third-order valence-electron chi connectivity index (χ3n) is 4.85. The van der Waals surface area contributed by atoms with Crippen LogP contribution in [0, 0.1) is 20.8 Å². The average molecular weight is 418 g/mol. The molecule has 0 saturated heterocycles. The predicted molar refractivity (Wildman–Crippen MR) is 122 cm³/mol. The SMILES string of the molecule is CCOC(=O)c1cccc(-n2c(C)cc(/C=N/NC(=O)Nc3ccccc3C)c2C)c1. The van der Waals surface area contributed by atoms with Crippen molar-refractivity contribution in [1.82, 2.24) is 9.99 Å². The molecule has 0 fully saturated rings. The molecule has 0 bridgehead atoms. The lowest BCUT2D eigenvalue weighted by Gasteiger charge is -2.11. The number of aromatic nitrogens is 1. The van der Waals surface area contributed by atoms with Gasteiger partial charge in [-0.2, -0.15) is 5.10 Å². The first kappa shape index (κ1) is 21.8. The van der Waals surface area contributed by atoms with Gasteiger partial charge < -0.3 is 14.6 Å². The van der Waals surface area contributed by atoms with Crippen molar-refractivity contribution < 1.29 is 14.3 Å². The van der Waals surface area contributed by atoms with E-state index < -0.39 is 6.03 Å². The lowest BCUT2D eigenvalue weighted by molar-refractivity contribution is 0.0526. The van der Waals surface area contributed by atoms with Crippen LogP contribution in [0.3, 0.4) is 0 Å². The number of hydrogen-bond donors (Lipinski definition) is 2. The van der Waals surface area contributed by atoms with Gasteiger partial charge in [-0.1, -0.05) is 24.3 Å². The Morgan fingerprint density at radius 1 is 1.06 bits per heavy atom. The number of carbonyl (C=O) groups is 2. The molecule has 3 rings (SSSR count). The highest BCUT2D eigenvalue weighted by molar-refractivity contribution is 5.91. The van der Waals surface area contributed by atoms with Gasteiger partial charge in [0.25, 0.3) is 0 Å². The number of amides is 2. The van der Waals surface area contributed by atoms with Gasteiger partial charge in [-0.15, -0.1) is 0 Å². The zero-order valence-corrected chi connectivity index (χ0v) is 18.1. The minimum atomic E-state index is -0.415. The molecule has 0 aliphatic heterocycles. The number of benzene rings is 2. The van der Waals surface area contributed by atoms with Crippen LogP contribution in [0.1, 0.15) is 39.8 Å². The Kier molecular flexibility index (Phi) is 6.87. The van der Waals surface area contributed by atoms with Crippen LogP contribution in [-0.2, 0) is 4.74 Å². The van der Waals surface area contributed by atoms with Crippen molar-refractivity contribution in [3.05, 3.63) is 82.7 Å². The van der Waals surface area contributed by atoms with Gasteiger partial charge in [0.05, 0.1) is 18.4 Å². The lowest BCUT2D eigenvalue weighted by atomic mass is 10.2. The van der Waals surface area contributed by atoms with E-state index in [4.69, 9.17) is 4.74 Å². The molecule has 0 saturated carbocycles. The Morgan fingerprint density at radius 2 is 1.84 bits per heavy atom. The minimum Gasteiger partial charge on any atom is -0.462 e. The summed E-state index contributed by atoms with van der Waals surface area (Å²) in [6.07, 6.45) is 1.60. The van der Waals surface area contributed by atoms with Crippen LogP contribution in [0.4, 0.5) is 10.5 Å². The van der Waals surface area contributed by atoms with Crippen LogP contribution in [-0.4, -0.2) is 29.4 Å². The zero-order valence-electron chi connectivity index (χ0n) is 18.1. The summed E-state index contributed by atoms with van der Waals surface area (Å²) in [5.74, 6) is -0.350. The molecule has 1 heterocycles. The topological polar surface area (TPSA) is 84.7 Å². The van der Waals surface area contributed by atoms with Gasteiger partial charge in [0.2, 0.25) is 0 Å². The molecule has 7 nitrogen and oxygen atoms in total. The van der Waals surface area contributed by atoms with Crippen LogP contribution in [0.25, 0.3) is 5.69 Å². The standard InChI is InChI=1S/C24H26N4O3/c1-5-31-23(29)19-10-8-11-21(14-19)28-17(3)13-20(18(28)4)15-25-27-24(30)26-22-12-7-6-9-16(22)2/h6-15H,5H2,1-4H3,(H2,26,27,30)/b25-15+. The first-order valence-corrected chi connectivity index (χ1v) is 10.0. The zero-order chi connectivity index (χ0) is 22.4. The van der Waals surface area contributed by atoms with Crippen LogP contribution < -0.4 is 10.7 Å². The van der Waals surface area contributed by atoms with E-state index in [-0.39, 0.29) is 5.97 Å². The largest absolute Gasteiger partial charge is 0.462 e. The maximum absolute atomic E-state index is 12.1. The lowest BCUT2D eigenvalue weighted by Crippen LogP contribution is -2.24. The predicted octanol–water partition coefficient (Wildman–Crippen LogP) is 4.73. The Hall–Kier alpha value is -3.87. The molecular weight excluding hydrogens is 392 g/mol. The molecule has 0 atom stereocenters. The number of nitrogens with zero attached hydrogens (tertiary/aromatic N) is 2. The van der Waals surface area contributed by atoms with Crippen LogP contribution >= 0.6 is 0 Å². The normalized spacial score (nSPS) is 10.8. The summed E-state index contributed by atoms with van der Waals surface area (Å²) in [7, 11) is 0. The number of esters is 1. The Bertz CT molecular complexity index is 1130. The fourth-order valence-electron chi connectivity index (χ4n) is 3.33. The maximum atomic E-state index is 12.1. The van der Waals surface area contributed by atoms with E-state index in [1.165, 1.54) is 0 Å². The first-order valence-electron chi connectivity index (χ1n) is 10.0. The summed E-state index contributed by atoms with van der Waals surface area (Å²) in [6.45, 7) is 7.96. The number of rotatable bonds is 6. The monoisotopic (exact) mass is 418 g/mol. The second kappa shape index (κ2) is 9.75. The maximum Gasteiger partial charge on any atom is 0.339 e. The molecule has 7 heteroatoms. The van der Waals surface area contributed by atoms with E-state index in [2.05, 4.69) is 15.8 Å². The number of hydrogen-bond acceptors (Lipinski definition) is 4. The Morgan fingerprint density at radius 3 is 2.58 bits per heavy atom. The third-order valence-corrected chi connectivity index (χ3v) is 4.85. The Balaban J connectivity index is 1.74. The second-order valence-corrected chi connectivity index (χ2v) is 7.07. The number of anilines is 1. The van der Waals surface area contributed by atoms with E-state index in [0.717, 1.165) is 33.9 Å². The van der Waals surface area contributed by atoms with Crippen molar-refractivity contribution in [3.63, 3.8) is 0 Å². The van der Waals surface area contributed by atoms with E-state index in [1.807, 2.05) is 67.8 Å². The fraction of sp³-hybridized carbons (Fsp3) is 0.208. The van der Waals surface area contributed by atoms with Crippen molar-refractivity contribution in [2.75, 3.05) is 11.9 Å². The smallest absolute Gasteiger partial charge is 0.339 e. The van der Waals surface area contributed by atoms with Crippen molar-refractivity contribution in [3.8, 4) is 5.69 Å². The van der Waals surface area contributed by atoms with E-state index in [9.17, 15) is 9.59 Å². The van der Waals surface area contributed by atoms with Crippen LogP contribution in [0.15, 0.2) is 59.7 Å². The number of urea groups is 1. The van der Waals surface area contributed by atoms with Gasteiger partial charge >= 0.3 is 12.0 Å². The van der Waals surface area contributed by atoms with Gasteiger partial charge in [0, 0.05) is 28.3 Å². The molecule has 0 aliphatic carbocycles. The quantitative estimate of drug-likeness (QED) is 0.345. The molecule has 0 spiro atoms. The number of aryl methyl sites for hydroxylation is 2. The van der Waals surface area contributed by atoms with Gasteiger partial charge in [-0.05, 0) is 63.6 Å². The number of hydrazone groups is 1. The average Bonchev–Trinajstić information content (AvgIpc) is 3.03. The minimum absolute atomic E-state index is 0.329. The second-order valence-electron chi connectivity index (χ2n) is 7.07. The van der Waals surface area contributed by atoms with Crippen molar-refractivity contribution >= 4 is 23.9 Å². The molecule has 160 valence electrons. The Labute approximate surface area is 181 Å². The van der Waals surface area contributed by atoms with Gasteiger partial charge in [-0.25, -0.2) is 15.0 Å². The van der Waals surface area contributed by atoms with Gasteiger partial charge in [0.1, 0.15) is 0 Å². The summed E-state index contributed by atoms with van der Waals surface area (Å²) >= 11 is 0. The molecule has 31 heavy (non-hydrogen) atoms. The number of nitrogens with one attached hydrogen (secondary N) is 2. The summed E-state index contributed by atoms with van der Waals surface area (Å²) in [5, 5.41) is 6.84. The molecule has 2 amide bonds. The van der Waals surface area contributed by atoms with E-state index >= 15 is 0 Å². The van der Waals surface area contributed by atoms with E-state index in [0.29, 0.717) is 12.2 Å². The summed E-state index contributed by atoms with van der Waals surface area (Å²) < 4.78 is 7.12. The van der Waals surface area contributed by atoms with Crippen LogP contribution in [0.2, 0.25) is 0 Å². The summed E-state index contributed by atoms with van der Waals surface area (Å²) in [5.41, 5.74) is 8.30. The first-order chi connectivity index (χ1) is 14.9. The third kappa shape index (κ3) is 5.19. The van der Waals surface area contributed by atoms with Gasteiger partial charge in [-0.3, -0.25) is 0 Å². The fourth-order valence-corrected chi connectivity index (χ4v) is 3.33. The molecule has 3 aromatic rings. The van der Waals surface area contributed by atoms with E-state index in [1.54, 1.807) is 25.3 Å². The molecule has 1 aromatic heterocycles. The highest BCUT2D eigenvalue weighted by Crippen LogP contribution is 2.21. The molecule has 2 N–H and O–H groups in total. The highest BCUT2D eigenvalue weighted by Gasteiger charge is 2.12. The molecule has 0 aliphatic rings. The van der Waals surface area contributed by atoms with Gasteiger partial charge in [0.15, 0.2) is 0 Å². The number of para-hydroxylation sites is 1. The molecule has 0 radical (unpaired) electrons. The molecule has 0 unspecified atom stereocenters. The summed E-state index contributed by atoms with van der Waals surface area (Å²) in [6, 6.07) is 16.4. The number of carbonyl (C=O) groups excluding carboxylic acids is 2. The molecular formula is C24H26N4O3. The van der Waals surface area contributed by atoms with Crippen LogP contribution in [0.5, 0.6) is 0 Å². The summed E-state index contributed by atoms with van der Waals surface area (Å²) in [4.78, 5) is 24.2. The van der Waals surface area contributed by atoms with Crippen molar-refractivity contribution in [2.45, 2.75) is 27.7 Å². The highest BCUT2D eigenvalue weighted by atomic mass is 16.5. The van der Waals surface area contributed by atoms with Crippen molar-refractivity contribution in [1.29, 1.82) is 0 Å². The molecule has 2 aromatic carbocycles.